The summed E-state index contributed by atoms with van der Waals surface area (Å²) in [6.45, 7) is 0.786. The number of nitrogens with zero attached hydrogens (tertiary/aromatic N) is 2. The molecule has 0 aliphatic heterocycles. The number of primary sulfonamides is 1. The number of aryl methyl sites for hydroxylation is 1. The van der Waals surface area contributed by atoms with Crippen molar-refractivity contribution in [3.8, 4) is 0 Å². The Morgan fingerprint density at radius 1 is 1.14 bits per heavy atom. The molecule has 0 aliphatic rings. The minimum absolute atomic E-state index is 0.141. The summed E-state index contributed by atoms with van der Waals surface area (Å²) in [5, 5.41) is 9.00. The van der Waals surface area contributed by atoms with E-state index >= 15 is 0 Å². The molecule has 22 heavy (non-hydrogen) atoms. The predicted octanol–water partition coefficient (Wildman–Crippen LogP) is -0.101. The van der Waals surface area contributed by atoms with Gasteiger partial charge in [-0.05, 0) is 30.7 Å². The second kappa shape index (κ2) is 6.57. The molecular weight excluding hydrogens is 328 g/mol. The molecule has 8 nitrogen and oxygen atoms in total. The summed E-state index contributed by atoms with van der Waals surface area (Å²) in [5.41, 5.74) is 0. The van der Waals surface area contributed by atoms with Crippen molar-refractivity contribution in [3.05, 3.63) is 42.7 Å². The smallest absolute Gasteiger partial charge is 0.240 e. The first kappa shape index (κ1) is 16.6. The minimum Gasteiger partial charge on any atom is -0.273 e. The first-order valence-corrected chi connectivity index (χ1v) is 9.42. The molecule has 0 amide bonds. The van der Waals surface area contributed by atoms with Crippen molar-refractivity contribution < 1.29 is 16.8 Å². The molecule has 120 valence electrons. The average Bonchev–Trinajstić information content (AvgIpc) is 2.96. The van der Waals surface area contributed by atoms with Gasteiger partial charge in [-0.3, -0.25) is 4.68 Å². The fraction of sp³-hybridized carbons (Fsp3) is 0.250. The first-order valence-electron chi connectivity index (χ1n) is 6.39. The summed E-state index contributed by atoms with van der Waals surface area (Å²) in [6, 6.07) is 6.70. The number of nitrogens with one attached hydrogen (secondary N) is 1. The van der Waals surface area contributed by atoms with E-state index in [1.54, 1.807) is 23.1 Å². The van der Waals surface area contributed by atoms with E-state index in [0.717, 1.165) is 6.07 Å². The van der Waals surface area contributed by atoms with E-state index in [1.807, 2.05) is 0 Å². The average molecular weight is 344 g/mol. The summed E-state index contributed by atoms with van der Waals surface area (Å²) >= 11 is 0. The molecule has 0 unspecified atom stereocenters. The number of rotatable bonds is 7. The van der Waals surface area contributed by atoms with E-state index in [4.69, 9.17) is 5.14 Å². The van der Waals surface area contributed by atoms with Crippen molar-refractivity contribution >= 4 is 20.0 Å². The maximum Gasteiger partial charge on any atom is 0.240 e. The number of nitrogens with two attached hydrogens (primary N) is 1. The van der Waals surface area contributed by atoms with Crippen molar-refractivity contribution in [1.82, 2.24) is 14.5 Å². The molecule has 1 heterocycles. The summed E-state index contributed by atoms with van der Waals surface area (Å²) in [7, 11) is -7.73. The molecule has 0 bridgehead atoms. The van der Waals surface area contributed by atoms with E-state index in [0.29, 0.717) is 13.0 Å². The van der Waals surface area contributed by atoms with Crippen LogP contribution in [0.5, 0.6) is 0 Å². The molecule has 1 aromatic carbocycles. The number of hydrogen-bond donors (Lipinski definition) is 2. The highest BCUT2D eigenvalue weighted by Gasteiger charge is 2.16. The molecule has 2 rings (SSSR count). The van der Waals surface area contributed by atoms with Crippen LogP contribution in [0.2, 0.25) is 0 Å². The Kier molecular flexibility index (Phi) is 4.96. The minimum atomic E-state index is -3.94. The Morgan fingerprint density at radius 3 is 2.50 bits per heavy atom. The SMILES string of the molecule is NS(=O)(=O)c1cccc(S(=O)(=O)NCCCn2cccn2)c1. The van der Waals surface area contributed by atoms with Crippen LogP contribution >= 0.6 is 0 Å². The first-order chi connectivity index (χ1) is 10.3. The predicted molar refractivity (Wildman–Crippen MR) is 79.8 cm³/mol. The van der Waals surface area contributed by atoms with Crippen LogP contribution in [-0.4, -0.2) is 33.2 Å². The summed E-state index contributed by atoms with van der Waals surface area (Å²) in [6.07, 6.45) is 3.97. The van der Waals surface area contributed by atoms with Crippen LogP contribution in [-0.2, 0) is 26.6 Å². The van der Waals surface area contributed by atoms with Crippen molar-refractivity contribution in [1.29, 1.82) is 0 Å². The number of sulfonamides is 2. The molecule has 3 N–H and O–H groups in total. The molecule has 0 spiro atoms. The van der Waals surface area contributed by atoms with Gasteiger partial charge in [-0.2, -0.15) is 5.10 Å². The number of hydrogen-bond acceptors (Lipinski definition) is 5. The topological polar surface area (TPSA) is 124 Å². The van der Waals surface area contributed by atoms with Crippen LogP contribution < -0.4 is 9.86 Å². The number of benzene rings is 1. The van der Waals surface area contributed by atoms with Gasteiger partial charge in [-0.1, -0.05) is 6.07 Å². The Balaban J connectivity index is 2.01. The summed E-state index contributed by atoms with van der Waals surface area (Å²) < 4.78 is 50.8. The summed E-state index contributed by atoms with van der Waals surface area (Å²) in [5.74, 6) is 0. The second-order valence-electron chi connectivity index (χ2n) is 4.54. The lowest BCUT2D eigenvalue weighted by Crippen LogP contribution is -2.26. The highest BCUT2D eigenvalue weighted by Crippen LogP contribution is 2.14. The van der Waals surface area contributed by atoms with Gasteiger partial charge in [0.2, 0.25) is 20.0 Å². The van der Waals surface area contributed by atoms with Gasteiger partial charge in [0, 0.05) is 25.5 Å². The van der Waals surface area contributed by atoms with Gasteiger partial charge in [-0.15, -0.1) is 0 Å². The largest absolute Gasteiger partial charge is 0.273 e. The standard InChI is InChI=1S/C12H16N4O4S2/c13-21(17,18)11-4-1-5-12(10-11)22(19,20)15-7-3-9-16-8-2-6-14-16/h1-2,4-6,8,10,15H,3,7,9H2,(H2,13,17,18). The maximum atomic E-state index is 12.1. The van der Waals surface area contributed by atoms with E-state index in [2.05, 4.69) is 9.82 Å². The Labute approximate surface area is 129 Å². The third kappa shape index (κ3) is 4.37. The van der Waals surface area contributed by atoms with E-state index in [9.17, 15) is 16.8 Å². The number of aromatic nitrogens is 2. The molecule has 0 saturated heterocycles. The van der Waals surface area contributed by atoms with Gasteiger partial charge < -0.3 is 0 Å². The van der Waals surface area contributed by atoms with Crippen LogP contribution in [0.25, 0.3) is 0 Å². The van der Waals surface area contributed by atoms with E-state index in [-0.39, 0.29) is 16.3 Å². The molecular formula is C12H16N4O4S2. The molecule has 0 radical (unpaired) electrons. The zero-order valence-corrected chi connectivity index (χ0v) is 13.2. The zero-order valence-electron chi connectivity index (χ0n) is 11.6. The van der Waals surface area contributed by atoms with Crippen LogP contribution in [0, 0.1) is 0 Å². The molecule has 0 saturated carbocycles. The molecule has 10 heteroatoms. The molecule has 1 aromatic heterocycles. The van der Waals surface area contributed by atoms with Crippen molar-refractivity contribution in [2.75, 3.05) is 6.54 Å². The lowest BCUT2D eigenvalue weighted by molar-refractivity contribution is 0.553. The maximum absolute atomic E-state index is 12.1. The van der Waals surface area contributed by atoms with Crippen molar-refractivity contribution in [2.24, 2.45) is 5.14 Å². The Hall–Kier alpha value is -1.75. The lowest BCUT2D eigenvalue weighted by Gasteiger charge is -2.08. The van der Waals surface area contributed by atoms with E-state index in [1.165, 1.54) is 18.2 Å². The van der Waals surface area contributed by atoms with Crippen LogP contribution in [0.15, 0.2) is 52.5 Å². The normalized spacial score (nSPS) is 12.4. The lowest BCUT2D eigenvalue weighted by atomic mass is 10.4. The van der Waals surface area contributed by atoms with Gasteiger partial charge in [0.25, 0.3) is 0 Å². The van der Waals surface area contributed by atoms with Crippen molar-refractivity contribution in [2.45, 2.75) is 22.8 Å². The van der Waals surface area contributed by atoms with Gasteiger partial charge in [0.05, 0.1) is 9.79 Å². The van der Waals surface area contributed by atoms with Gasteiger partial charge >= 0.3 is 0 Å². The van der Waals surface area contributed by atoms with Crippen LogP contribution in [0.4, 0.5) is 0 Å². The van der Waals surface area contributed by atoms with Gasteiger partial charge in [0.15, 0.2) is 0 Å². The quantitative estimate of drug-likeness (QED) is 0.679. The zero-order chi connectivity index (χ0) is 16.2. The van der Waals surface area contributed by atoms with Crippen LogP contribution in [0.3, 0.4) is 0 Å². The third-order valence-corrected chi connectivity index (χ3v) is 5.23. The third-order valence-electron chi connectivity index (χ3n) is 2.86. The van der Waals surface area contributed by atoms with Gasteiger partial charge in [-0.25, -0.2) is 26.7 Å². The van der Waals surface area contributed by atoms with Crippen molar-refractivity contribution in [3.63, 3.8) is 0 Å². The van der Waals surface area contributed by atoms with Gasteiger partial charge in [0.1, 0.15) is 0 Å². The highest BCUT2D eigenvalue weighted by molar-refractivity contribution is 7.90. The van der Waals surface area contributed by atoms with Crippen LogP contribution in [0.1, 0.15) is 6.42 Å². The summed E-state index contributed by atoms with van der Waals surface area (Å²) in [4.78, 5) is -0.384. The monoisotopic (exact) mass is 344 g/mol. The Morgan fingerprint density at radius 2 is 1.86 bits per heavy atom. The molecule has 0 atom stereocenters. The second-order valence-corrected chi connectivity index (χ2v) is 7.87. The fourth-order valence-electron chi connectivity index (χ4n) is 1.78. The molecule has 2 aromatic rings. The van der Waals surface area contributed by atoms with E-state index < -0.39 is 20.0 Å². The Bertz CT molecular complexity index is 830. The fourth-order valence-corrected chi connectivity index (χ4v) is 3.54. The molecule has 0 fully saturated rings. The molecule has 0 aliphatic carbocycles. The highest BCUT2D eigenvalue weighted by atomic mass is 32.2.